The average Bonchev–Trinajstić information content (AvgIpc) is 2.78. The topological polar surface area (TPSA) is 29.9 Å². The van der Waals surface area contributed by atoms with Crippen LogP contribution in [-0.4, -0.2) is 16.8 Å². The number of aryl methyl sites for hydroxylation is 2. The fraction of sp³-hybridized carbons (Fsp3) is 0.357. The zero-order chi connectivity index (χ0) is 12.3. The maximum Gasteiger partial charge on any atom is 0.0568 e. The Morgan fingerprint density at radius 1 is 1.35 bits per heavy atom. The lowest BCUT2D eigenvalue weighted by molar-refractivity contribution is 0.660. The fourth-order valence-corrected chi connectivity index (χ4v) is 2.04. The smallest absolute Gasteiger partial charge is 0.0568 e. The normalized spacial score (nSPS) is 10.8. The van der Waals surface area contributed by atoms with Crippen LogP contribution < -0.4 is 5.32 Å². The highest BCUT2D eigenvalue weighted by Gasteiger charge is 2.05. The quantitative estimate of drug-likeness (QED) is 0.873. The molecule has 3 heteroatoms. The van der Waals surface area contributed by atoms with E-state index in [1.807, 2.05) is 17.9 Å². The van der Waals surface area contributed by atoms with Crippen molar-refractivity contribution < 1.29 is 0 Å². The van der Waals surface area contributed by atoms with Crippen LogP contribution in [0.2, 0.25) is 0 Å². The lowest BCUT2D eigenvalue weighted by Crippen LogP contribution is -2.05. The van der Waals surface area contributed by atoms with Crippen molar-refractivity contribution in [3.05, 3.63) is 41.7 Å². The number of nitrogens with one attached hydrogen (secondary N) is 1. The summed E-state index contributed by atoms with van der Waals surface area (Å²) in [7, 11) is 1.97. The predicted octanol–water partition coefficient (Wildman–Crippen LogP) is 2.60. The molecule has 0 atom stereocenters. The molecule has 0 radical (unpaired) electrons. The van der Waals surface area contributed by atoms with Crippen LogP contribution >= 0.6 is 0 Å². The fourth-order valence-electron chi connectivity index (χ4n) is 2.04. The van der Waals surface area contributed by atoms with Gasteiger partial charge >= 0.3 is 0 Å². The van der Waals surface area contributed by atoms with Crippen LogP contribution in [0.15, 0.2) is 30.6 Å². The third-order valence-electron chi connectivity index (χ3n) is 2.94. The minimum atomic E-state index is 0.912. The first-order valence-corrected chi connectivity index (χ1v) is 6.01. The van der Waals surface area contributed by atoms with Crippen molar-refractivity contribution in [1.29, 1.82) is 0 Å². The molecule has 1 heterocycles. The number of benzene rings is 1. The maximum absolute atomic E-state index is 4.32. The Hall–Kier alpha value is -1.61. The summed E-state index contributed by atoms with van der Waals surface area (Å²) in [6, 6.07) is 6.58. The third-order valence-corrected chi connectivity index (χ3v) is 2.94. The van der Waals surface area contributed by atoms with Crippen molar-refractivity contribution in [2.75, 3.05) is 7.05 Å². The summed E-state index contributed by atoms with van der Waals surface area (Å²) in [5.41, 5.74) is 5.08. The summed E-state index contributed by atoms with van der Waals surface area (Å²) in [6.07, 6.45) is 4.03. The zero-order valence-corrected chi connectivity index (χ0v) is 10.7. The van der Waals surface area contributed by atoms with E-state index < -0.39 is 0 Å². The van der Waals surface area contributed by atoms with Gasteiger partial charge in [-0.3, -0.25) is 4.68 Å². The Labute approximate surface area is 102 Å². The Morgan fingerprint density at radius 3 is 2.76 bits per heavy atom. The van der Waals surface area contributed by atoms with Crippen molar-refractivity contribution in [3.63, 3.8) is 0 Å². The summed E-state index contributed by atoms with van der Waals surface area (Å²) in [5, 5.41) is 7.48. The molecular weight excluding hydrogens is 210 g/mol. The van der Waals surface area contributed by atoms with Gasteiger partial charge in [0.05, 0.1) is 6.20 Å². The number of hydrogen-bond donors (Lipinski definition) is 1. The second kappa shape index (κ2) is 5.15. The van der Waals surface area contributed by atoms with E-state index in [0.717, 1.165) is 13.1 Å². The molecule has 90 valence electrons. The summed E-state index contributed by atoms with van der Waals surface area (Å²) in [6.45, 7) is 6.07. The minimum Gasteiger partial charge on any atom is -0.316 e. The van der Waals surface area contributed by atoms with Crippen LogP contribution in [0, 0.1) is 6.92 Å². The van der Waals surface area contributed by atoms with Crippen molar-refractivity contribution >= 4 is 0 Å². The molecule has 1 aromatic heterocycles. The van der Waals surface area contributed by atoms with E-state index >= 15 is 0 Å². The Balaban J connectivity index is 2.32. The Morgan fingerprint density at radius 2 is 2.18 bits per heavy atom. The third kappa shape index (κ3) is 2.56. The van der Waals surface area contributed by atoms with Gasteiger partial charge in [-0.05, 0) is 37.6 Å². The summed E-state index contributed by atoms with van der Waals surface area (Å²) < 4.78 is 1.95. The van der Waals surface area contributed by atoms with Gasteiger partial charge in [-0.1, -0.05) is 18.2 Å². The average molecular weight is 229 g/mol. The zero-order valence-electron chi connectivity index (χ0n) is 10.7. The molecule has 0 aliphatic carbocycles. The van der Waals surface area contributed by atoms with E-state index in [9.17, 15) is 0 Å². The van der Waals surface area contributed by atoms with Gasteiger partial charge in [0, 0.05) is 24.8 Å². The molecule has 0 aliphatic heterocycles. The monoisotopic (exact) mass is 229 g/mol. The van der Waals surface area contributed by atoms with Crippen LogP contribution in [0.3, 0.4) is 0 Å². The largest absolute Gasteiger partial charge is 0.316 e. The van der Waals surface area contributed by atoms with Gasteiger partial charge in [-0.2, -0.15) is 5.10 Å². The van der Waals surface area contributed by atoms with Crippen LogP contribution in [0.1, 0.15) is 18.1 Å². The molecule has 0 saturated heterocycles. The van der Waals surface area contributed by atoms with Crippen LogP contribution in [0.4, 0.5) is 0 Å². The lowest BCUT2D eigenvalue weighted by Gasteiger charge is -2.06. The maximum atomic E-state index is 4.32. The number of hydrogen-bond acceptors (Lipinski definition) is 2. The minimum absolute atomic E-state index is 0.912. The molecule has 0 spiro atoms. The van der Waals surface area contributed by atoms with Gasteiger partial charge in [-0.15, -0.1) is 0 Å². The first-order chi connectivity index (χ1) is 8.24. The van der Waals surface area contributed by atoms with Crippen LogP contribution in [0.5, 0.6) is 0 Å². The molecule has 0 aliphatic rings. The summed E-state index contributed by atoms with van der Waals surface area (Å²) in [4.78, 5) is 0. The lowest BCUT2D eigenvalue weighted by atomic mass is 10.0. The molecule has 0 amide bonds. The predicted molar refractivity (Wildman–Crippen MR) is 70.8 cm³/mol. The molecule has 0 fully saturated rings. The van der Waals surface area contributed by atoms with E-state index in [1.54, 1.807) is 0 Å². The molecular formula is C14H19N3. The highest BCUT2D eigenvalue weighted by atomic mass is 15.3. The molecule has 1 N–H and O–H groups in total. The SMILES string of the molecule is CCn1cc(-c2ccc(CNC)cc2C)cn1. The molecule has 2 aromatic rings. The molecule has 0 bridgehead atoms. The van der Waals surface area contributed by atoms with Gasteiger partial charge in [-0.25, -0.2) is 0 Å². The van der Waals surface area contributed by atoms with Crippen molar-refractivity contribution in [1.82, 2.24) is 15.1 Å². The number of aromatic nitrogens is 2. The van der Waals surface area contributed by atoms with Crippen molar-refractivity contribution in [2.45, 2.75) is 26.9 Å². The molecule has 0 saturated carbocycles. The van der Waals surface area contributed by atoms with Gasteiger partial charge < -0.3 is 5.32 Å². The molecule has 0 unspecified atom stereocenters. The highest BCUT2D eigenvalue weighted by Crippen LogP contribution is 2.23. The molecule has 1 aromatic carbocycles. The Kier molecular flexibility index (Phi) is 3.59. The molecule has 2 rings (SSSR count). The van der Waals surface area contributed by atoms with Gasteiger partial charge in [0.25, 0.3) is 0 Å². The van der Waals surface area contributed by atoms with E-state index in [4.69, 9.17) is 0 Å². The van der Waals surface area contributed by atoms with Crippen molar-refractivity contribution in [3.8, 4) is 11.1 Å². The van der Waals surface area contributed by atoms with Crippen LogP contribution in [0.25, 0.3) is 11.1 Å². The van der Waals surface area contributed by atoms with Crippen molar-refractivity contribution in [2.24, 2.45) is 0 Å². The number of rotatable bonds is 4. The summed E-state index contributed by atoms with van der Waals surface area (Å²) >= 11 is 0. The van der Waals surface area contributed by atoms with Crippen LogP contribution in [-0.2, 0) is 13.1 Å². The second-order valence-corrected chi connectivity index (χ2v) is 4.26. The summed E-state index contributed by atoms with van der Waals surface area (Å²) in [5.74, 6) is 0. The van der Waals surface area contributed by atoms with E-state index in [1.165, 1.54) is 22.3 Å². The number of nitrogens with zero attached hydrogens (tertiary/aromatic N) is 2. The van der Waals surface area contributed by atoms with E-state index in [-0.39, 0.29) is 0 Å². The standard InChI is InChI=1S/C14H19N3/c1-4-17-10-13(9-16-17)14-6-5-12(8-15-3)7-11(14)2/h5-7,9-10,15H,4,8H2,1-3H3. The van der Waals surface area contributed by atoms with E-state index in [2.05, 4.69) is 48.7 Å². The van der Waals surface area contributed by atoms with Gasteiger partial charge in [0.2, 0.25) is 0 Å². The molecule has 3 nitrogen and oxygen atoms in total. The van der Waals surface area contributed by atoms with E-state index in [0.29, 0.717) is 0 Å². The van der Waals surface area contributed by atoms with Gasteiger partial charge in [0.15, 0.2) is 0 Å². The molecule has 17 heavy (non-hydrogen) atoms. The highest BCUT2D eigenvalue weighted by molar-refractivity contribution is 5.66. The first kappa shape index (κ1) is 11.9. The Bertz CT molecular complexity index is 500. The first-order valence-electron chi connectivity index (χ1n) is 6.01. The second-order valence-electron chi connectivity index (χ2n) is 4.26. The van der Waals surface area contributed by atoms with Gasteiger partial charge in [0.1, 0.15) is 0 Å².